The average molecular weight is 413 g/mol. The van der Waals surface area contributed by atoms with Crippen molar-refractivity contribution in [3.8, 4) is 0 Å². The Kier molecular flexibility index (Phi) is 5.02. The van der Waals surface area contributed by atoms with Crippen LogP contribution in [0.1, 0.15) is 17.0 Å². The van der Waals surface area contributed by atoms with Crippen LogP contribution in [0.25, 0.3) is 5.57 Å². The average Bonchev–Trinajstić information content (AvgIpc) is 2.55. The highest BCUT2D eigenvalue weighted by Crippen LogP contribution is 2.31. The third-order valence-corrected chi connectivity index (χ3v) is 5.32. The molecule has 1 unspecified atom stereocenters. The van der Waals surface area contributed by atoms with E-state index in [1.807, 2.05) is 0 Å². The molecule has 1 aliphatic carbocycles. The molecule has 2 aromatic rings. The van der Waals surface area contributed by atoms with E-state index in [0.29, 0.717) is 16.0 Å². The summed E-state index contributed by atoms with van der Waals surface area (Å²) in [6.45, 7) is 0. The van der Waals surface area contributed by atoms with E-state index >= 15 is 0 Å². The van der Waals surface area contributed by atoms with Gasteiger partial charge in [-0.1, -0.05) is 30.4 Å². The monoisotopic (exact) mass is 413 g/mol. The van der Waals surface area contributed by atoms with Gasteiger partial charge in [-0.3, -0.25) is 0 Å². The molecule has 0 radical (unpaired) electrons. The summed E-state index contributed by atoms with van der Waals surface area (Å²) in [6.07, 6.45) is 4.53. The van der Waals surface area contributed by atoms with E-state index < -0.39 is 44.1 Å². The van der Waals surface area contributed by atoms with E-state index in [2.05, 4.69) is 0 Å². The van der Waals surface area contributed by atoms with Gasteiger partial charge in [-0.25, -0.2) is 31.1 Å². The summed E-state index contributed by atoms with van der Waals surface area (Å²) in [6, 6.07) is 5.06. The normalized spacial score (nSPS) is 17.1. The minimum atomic E-state index is -4.55. The number of sulfonamides is 1. The number of benzene rings is 2. The van der Waals surface area contributed by atoms with Crippen molar-refractivity contribution in [1.82, 2.24) is 0 Å². The number of nitrogens with two attached hydrogens (primary N) is 1. The van der Waals surface area contributed by atoms with Gasteiger partial charge in [0.05, 0.1) is 0 Å². The summed E-state index contributed by atoms with van der Waals surface area (Å²) >= 11 is 5.27. The lowest BCUT2D eigenvalue weighted by Crippen LogP contribution is -2.16. The van der Waals surface area contributed by atoms with Crippen LogP contribution in [0.4, 0.5) is 17.6 Å². The quantitative estimate of drug-likeness (QED) is 0.611. The molecular weight excluding hydrogens is 402 g/mol. The molecule has 3 rings (SSSR count). The SMILES string of the molecule is NS(=O)(=O)c1c(F)cc(C2=CC(=S)C(c3ccc(F)c(F)c3)C=C2)cc1F. The summed E-state index contributed by atoms with van der Waals surface area (Å²) in [4.78, 5) is -0.899. The maximum absolute atomic E-state index is 14.0. The van der Waals surface area contributed by atoms with Crippen LogP contribution in [-0.2, 0) is 10.0 Å². The van der Waals surface area contributed by atoms with Crippen molar-refractivity contribution < 1.29 is 26.0 Å². The molecule has 1 aliphatic rings. The molecule has 2 N–H and O–H groups in total. The first kappa shape index (κ1) is 19.4. The van der Waals surface area contributed by atoms with Gasteiger partial charge in [0, 0.05) is 10.8 Å². The lowest BCUT2D eigenvalue weighted by Gasteiger charge is -2.18. The highest BCUT2D eigenvalue weighted by atomic mass is 32.2. The molecule has 0 saturated heterocycles. The van der Waals surface area contributed by atoms with Gasteiger partial charge in [-0.05, 0) is 47.0 Å². The van der Waals surface area contributed by atoms with Crippen molar-refractivity contribution in [3.63, 3.8) is 0 Å². The molecule has 9 heteroatoms. The van der Waals surface area contributed by atoms with Crippen molar-refractivity contribution in [2.24, 2.45) is 5.14 Å². The van der Waals surface area contributed by atoms with Crippen molar-refractivity contribution in [2.45, 2.75) is 10.8 Å². The van der Waals surface area contributed by atoms with Gasteiger partial charge in [0.15, 0.2) is 16.5 Å². The second-order valence-electron chi connectivity index (χ2n) is 5.83. The fourth-order valence-corrected chi connectivity index (χ4v) is 3.75. The van der Waals surface area contributed by atoms with Crippen molar-refractivity contribution in [3.05, 3.63) is 83.0 Å². The van der Waals surface area contributed by atoms with Crippen LogP contribution in [0.5, 0.6) is 0 Å². The zero-order valence-corrected chi connectivity index (χ0v) is 15.1. The van der Waals surface area contributed by atoms with Crippen LogP contribution in [0.2, 0.25) is 0 Å². The van der Waals surface area contributed by atoms with Crippen molar-refractivity contribution in [2.75, 3.05) is 0 Å². The van der Waals surface area contributed by atoms with Gasteiger partial charge in [0.1, 0.15) is 11.6 Å². The Balaban J connectivity index is 1.96. The van der Waals surface area contributed by atoms with Crippen LogP contribution in [-0.4, -0.2) is 13.3 Å². The van der Waals surface area contributed by atoms with Gasteiger partial charge in [0.2, 0.25) is 10.0 Å². The van der Waals surface area contributed by atoms with Crippen LogP contribution >= 0.6 is 12.2 Å². The van der Waals surface area contributed by atoms with E-state index in [9.17, 15) is 26.0 Å². The molecule has 0 heterocycles. The third-order valence-electron chi connectivity index (χ3n) is 3.99. The van der Waals surface area contributed by atoms with Gasteiger partial charge < -0.3 is 0 Å². The molecule has 0 bridgehead atoms. The lowest BCUT2D eigenvalue weighted by atomic mass is 9.88. The fraction of sp³-hybridized carbons (Fsp3) is 0.0556. The highest BCUT2D eigenvalue weighted by molar-refractivity contribution is 7.89. The Hall–Kier alpha value is -2.36. The first-order valence-corrected chi connectivity index (χ1v) is 9.44. The maximum atomic E-state index is 14.0. The molecule has 0 fully saturated rings. The molecule has 0 aliphatic heterocycles. The minimum absolute atomic E-state index is 0.0553. The third kappa shape index (κ3) is 3.85. The maximum Gasteiger partial charge on any atom is 0.243 e. The second-order valence-corrected chi connectivity index (χ2v) is 7.80. The van der Waals surface area contributed by atoms with Gasteiger partial charge in [0.25, 0.3) is 0 Å². The van der Waals surface area contributed by atoms with Gasteiger partial charge >= 0.3 is 0 Å². The molecule has 0 spiro atoms. The molecule has 1 atom stereocenters. The number of rotatable bonds is 3. The number of primary sulfonamides is 1. The Morgan fingerprint density at radius 2 is 1.56 bits per heavy atom. The first-order chi connectivity index (χ1) is 12.6. The van der Waals surface area contributed by atoms with Gasteiger partial charge in [-0.2, -0.15) is 0 Å². The second kappa shape index (κ2) is 6.99. The van der Waals surface area contributed by atoms with E-state index in [1.165, 1.54) is 18.2 Å². The summed E-state index contributed by atoms with van der Waals surface area (Å²) < 4.78 is 77.1. The lowest BCUT2D eigenvalue weighted by molar-refractivity contribution is 0.507. The van der Waals surface area contributed by atoms with E-state index in [-0.39, 0.29) is 5.56 Å². The first-order valence-electron chi connectivity index (χ1n) is 7.49. The number of thiocarbonyl (C=S) groups is 1. The Bertz CT molecular complexity index is 1100. The smallest absolute Gasteiger partial charge is 0.224 e. The van der Waals surface area contributed by atoms with Gasteiger partial charge in [-0.15, -0.1) is 0 Å². The number of allylic oxidation sites excluding steroid dienone is 4. The molecule has 2 aromatic carbocycles. The standard InChI is InChI=1S/C18H11F4NO2S2/c19-13-4-2-10(5-14(13)20)12-3-1-9(8-17(12)26)11-6-15(21)18(16(22)7-11)27(23,24)25/h1-8,12H,(H2,23,24,25). The molecular formula is C18H11F4NO2S2. The van der Waals surface area contributed by atoms with Crippen molar-refractivity contribution >= 4 is 32.7 Å². The summed E-state index contributed by atoms with van der Waals surface area (Å²) in [5.74, 6) is -5.16. The van der Waals surface area contributed by atoms with E-state index in [1.54, 1.807) is 6.08 Å². The predicted octanol–water partition coefficient (Wildman–Crippen LogP) is 4.00. The van der Waals surface area contributed by atoms with Crippen LogP contribution in [0, 0.1) is 23.3 Å². The number of hydrogen-bond donors (Lipinski definition) is 1. The fourth-order valence-electron chi connectivity index (χ4n) is 2.75. The Morgan fingerprint density at radius 3 is 2.07 bits per heavy atom. The predicted molar refractivity (Wildman–Crippen MR) is 96.5 cm³/mol. The van der Waals surface area contributed by atoms with E-state index in [4.69, 9.17) is 17.4 Å². The minimum Gasteiger partial charge on any atom is -0.224 e. The van der Waals surface area contributed by atoms with Crippen molar-refractivity contribution in [1.29, 1.82) is 0 Å². The number of hydrogen-bond acceptors (Lipinski definition) is 3. The summed E-state index contributed by atoms with van der Waals surface area (Å²) in [5.41, 5.74) is 0.810. The molecule has 27 heavy (non-hydrogen) atoms. The van der Waals surface area contributed by atoms with E-state index in [0.717, 1.165) is 24.3 Å². The Labute approximate surface area is 157 Å². The molecule has 0 amide bonds. The summed E-state index contributed by atoms with van der Waals surface area (Å²) in [7, 11) is -4.55. The zero-order chi connectivity index (χ0) is 19.9. The topological polar surface area (TPSA) is 60.2 Å². The molecule has 3 nitrogen and oxygen atoms in total. The zero-order valence-electron chi connectivity index (χ0n) is 13.4. The van der Waals surface area contributed by atoms with Crippen LogP contribution in [0.15, 0.2) is 53.5 Å². The molecule has 140 valence electrons. The molecule has 0 saturated carbocycles. The number of halogens is 4. The van der Waals surface area contributed by atoms with Crippen LogP contribution < -0.4 is 5.14 Å². The molecule has 0 aromatic heterocycles. The highest BCUT2D eigenvalue weighted by Gasteiger charge is 2.23. The summed E-state index contributed by atoms with van der Waals surface area (Å²) in [5, 5.41) is 4.80. The Morgan fingerprint density at radius 1 is 0.926 bits per heavy atom. The largest absolute Gasteiger partial charge is 0.243 e. The van der Waals surface area contributed by atoms with Crippen LogP contribution in [0.3, 0.4) is 0 Å².